The number of ether oxygens (including phenoxy) is 1. The summed E-state index contributed by atoms with van der Waals surface area (Å²) in [6, 6.07) is 7.04. The van der Waals surface area contributed by atoms with Crippen LogP contribution in [0.25, 0.3) is 0 Å². The Morgan fingerprint density at radius 3 is 2.85 bits per heavy atom. The van der Waals surface area contributed by atoms with Crippen LogP contribution in [-0.4, -0.2) is 12.6 Å². The van der Waals surface area contributed by atoms with Crippen LogP contribution < -0.4 is 15.8 Å². The van der Waals surface area contributed by atoms with E-state index < -0.39 is 5.82 Å². The number of hydrogen-bond donors (Lipinski definition) is 2. The summed E-state index contributed by atoms with van der Waals surface area (Å²) in [6.07, 6.45) is 0.835. The van der Waals surface area contributed by atoms with Crippen molar-refractivity contribution in [2.75, 3.05) is 17.6 Å². The highest BCUT2D eigenvalue weighted by Gasteiger charge is 2.10. The Kier molecular flexibility index (Phi) is 4.84. The van der Waals surface area contributed by atoms with E-state index in [4.69, 9.17) is 10.5 Å². The Labute approximate surface area is 122 Å². The number of nitrogen functional groups attached to an aromatic ring is 1. The van der Waals surface area contributed by atoms with Crippen molar-refractivity contribution in [3.05, 3.63) is 40.3 Å². The van der Waals surface area contributed by atoms with Crippen molar-refractivity contribution in [2.24, 2.45) is 0 Å². The smallest absolute Gasteiger partial charge is 0.167 e. The third-order valence-corrected chi connectivity index (χ3v) is 3.67. The van der Waals surface area contributed by atoms with Crippen LogP contribution in [0.5, 0.6) is 5.75 Å². The van der Waals surface area contributed by atoms with Gasteiger partial charge in [-0.05, 0) is 31.7 Å². The molecule has 1 heterocycles. The fraction of sp³-hybridized carbons (Fsp3) is 0.333. The molecule has 0 unspecified atom stereocenters. The summed E-state index contributed by atoms with van der Waals surface area (Å²) in [5.74, 6) is -0.201. The number of nitrogens with one attached hydrogen (secondary N) is 1. The summed E-state index contributed by atoms with van der Waals surface area (Å²) >= 11 is 1.72. The number of halogens is 1. The number of rotatable bonds is 6. The second kappa shape index (κ2) is 6.61. The van der Waals surface area contributed by atoms with Gasteiger partial charge in [-0.3, -0.25) is 0 Å². The molecule has 0 saturated carbocycles. The Bertz CT molecular complexity index is 555. The molecule has 0 amide bonds. The van der Waals surface area contributed by atoms with Gasteiger partial charge in [0.05, 0.1) is 17.5 Å². The highest BCUT2D eigenvalue weighted by atomic mass is 32.1. The molecular formula is C15H19FN2OS. The lowest BCUT2D eigenvalue weighted by Crippen LogP contribution is -2.10. The molecule has 3 nitrogen and oxygen atoms in total. The predicted octanol–water partition coefficient (Wildman–Crippen LogP) is 3.91. The lowest BCUT2D eigenvalue weighted by Gasteiger charge is -2.15. The van der Waals surface area contributed by atoms with Gasteiger partial charge >= 0.3 is 0 Å². The third kappa shape index (κ3) is 3.87. The number of thiophene rings is 1. The quantitative estimate of drug-likeness (QED) is 0.794. The van der Waals surface area contributed by atoms with Crippen molar-refractivity contribution in [2.45, 2.75) is 26.4 Å². The first-order valence-corrected chi connectivity index (χ1v) is 7.46. The van der Waals surface area contributed by atoms with Crippen LogP contribution in [0.15, 0.2) is 29.6 Å². The van der Waals surface area contributed by atoms with Gasteiger partial charge in [0.25, 0.3) is 0 Å². The van der Waals surface area contributed by atoms with Gasteiger partial charge in [0.1, 0.15) is 0 Å². The van der Waals surface area contributed by atoms with Crippen molar-refractivity contribution >= 4 is 22.7 Å². The van der Waals surface area contributed by atoms with Crippen molar-refractivity contribution in [3.63, 3.8) is 0 Å². The lowest BCUT2D eigenvalue weighted by molar-refractivity contribution is 0.231. The average molecular weight is 294 g/mol. The zero-order chi connectivity index (χ0) is 14.5. The molecule has 0 saturated heterocycles. The van der Waals surface area contributed by atoms with E-state index in [9.17, 15) is 4.39 Å². The Morgan fingerprint density at radius 1 is 1.40 bits per heavy atom. The van der Waals surface area contributed by atoms with Gasteiger partial charge in [0.2, 0.25) is 0 Å². The summed E-state index contributed by atoms with van der Waals surface area (Å²) in [4.78, 5) is 1.30. The SMILES string of the molecule is CC(C)Oc1cc(NCCc2cccs2)c(N)cc1F. The maximum absolute atomic E-state index is 13.7. The van der Waals surface area contributed by atoms with Gasteiger partial charge in [-0.15, -0.1) is 11.3 Å². The van der Waals surface area contributed by atoms with Crippen LogP contribution >= 0.6 is 11.3 Å². The molecule has 0 bridgehead atoms. The number of nitrogens with two attached hydrogens (primary N) is 1. The molecule has 5 heteroatoms. The highest BCUT2D eigenvalue weighted by molar-refractivity contribution is 7.09. The van der Waals surface area contributed by atoms with Gasteiger partial charge in [-0.25, -0.2) is 4.39 Å². The van der Waals surface area contributed by atoms with Crippen LogP contribution in [0.1, 0.15) is 18.7 Å². The molecule has 0 spiro atoms. The van der Waals surface area contributed by atoms with Crippen LogP contribution in [0.4, 0.5) is 15.8 Å². The molecule has 2 rings (SSSR count). The molecular weight excluding hydrogens is 275 g/mol. The van der Waals surface area contributed by atoms with Crippen LogP contribution in [0.2, 0.25) is 0 Å². The minimum Gasteiger partial charge on any atom is -0.488 e. The van der Waals surface area contributed by atoms with Gasteiger partial charge in [-0.1, -0.05) is 6.07 Å². The van der Waals surface area contributed by atoms with Gasteiger partial charge in [0.15, 0.2) is 11.6 Å². The van der Waals surface area contributed by atoms with Crippen molar-refractivity contribution < 1.29 is 9.13 Å². The van der Waals surface area contributed by atoms with E-state index in [2.05, 4.69) is 16.8 Å². The molecule has 108 valence electrons. The lowest BCUT2D eigenvalue weighted by atomic mass is 10.2. The number of hydrogen-bond acceptors (Lipinski definition) is 4. The Morgan fingerprint density at radius 2 is 2.20 bits per heavy atom. The zero-order valence-electron chi connectivity index (χ0n) is 11.7. The van der Waals surface area contributed by atoms with Crippen molar-refractivity contribution in [1.29, 1.82) is 0 Å². The average Bonchev–Trinajstić information content (AvgIpc) is 2.87. The first-order chi connectivity index (χ1) is 9.56. The van der Waals surface area contributed by atoms with Crippen molar-refractivity contribution in [1.82, 2.24) is 0 Å². The molecule has 0 aliphatic carbocycles. The Balaban J connectivity index is 2.02. The summed E-state index contributed by atoms with van der Waals surface area (Å²) in [5, 5.41) is 5.28. The highest BCUT2D eigenvalue weighted by Crippen LogP contribution is 2.29. The number of anilines is 2. The maximum Gasteiger partial charge on any atom is 0.167 e. The summed E-state index contributed by atoms with van der Waals surface area (Å²) in [5.41, 5.74) is 6.93. The van der Waals surface area contributed by atoms with Gasteiger partial charge < -0.3 is 15.8 Å². The first kappa shape index (κ1) is 14.7. The summed E-state index contributed by atoms with van der Waals surface area (Å²) in [7, 11) is 0. The van der Waals surface area contributed by atoms with Crippen LogP contribution in [0.3, 0.4) is 0 Å². The Hall–Kier alpha value is -1.75. The van der Waals surface area contributed by atoms with E-state index >= 15 is 0 Å². The van der Waals surface area contributed by atoms with E-state index in [1.165, 1.54) is 10.9 Å². The second-order valence-electron chi connectivity index (χ2n) is 4.79. The van der Waals surface area contributed by atoms with E-state index in [1.807, 2.05) is 19.9 Å². The van der Waals surface area contributed by atoms with E-state index in [1.54, 1.807) is 17.4 Å². The predicted molar refractivity (Wildman–Crippen MR) is 83.1 cm³/mol. The molecule has 1 aromatic carbocycles. The topological polar surface area (TPSA) is 47.3 Å². The third-order valence-electron chi connectivity index (χ3n) is 2.73. The maximum atomic E-state index is 13.7. The first-order valence-electron chi connectivity index (χ1n) is 6.58. The molecule has 2 aromatic rings. The molecule has 3 N–H and O–H groups in total. The van der Waals surface area contributed by atoms with E-state index in [-0.39, 0.29) is 11.9 Å². The van der Waals surface area contributed by atoms with E-state index in [0.717, 1.165) is 13.0 Å². The van der Waals surface area contributed by atoms with Crippen molar-refractivity contribution in [3.8, 4) is 5.75 Å². The fourth-order valence-corrected chi connectivity index (χ4v) is 2.55. The minimum absolute atomic E-state index is 0.0768. The van der Waals surface area contributed by atoms with Gasteiger partial charge in [-0.2, -0.15) is 0 Å². The minimum atomic E-state index is -0.431. The van der Waals surface area contributed by atoms with Gasteiger partial charge in [0, 0.05) is 23.6 Å². The molecule has 0 radical (unpaired) electrons. The zero-order valence-corrected chi connectivity index (χ0v) is 12.5. The number of benzene rings is 1. The van der Waals surface area contributed by atoms with Crippen LogP contribution in [0, 0.1) is 5.82 Å². The van der Waals surface area contributed by atoms with Crippen LogP contribution in [-0.2, 0) is 6.42 Å². The molecule has 0 atom stereocenters. The molecule has 0 fully saturated rings. The standard InChI is InChI=1S/C15H19FN2OS/c1-10(2)19-15-9-14(13(17)8-12(15)16)18-6-5-11-4-3-7-20-11/h3-4,7-10,18H,5-6,17H2,1-2H3. The normalized spacial score (nSPS) is 10.8. The second-order valence-corrected chi connectivity index (χ2v) is 5.82. The molecule has 1 aromatic heterocycles. The molecule has 20 heavy (non-hydrogen) atoms. The monoisotopic (exact) mass is 294 g/mol. The molecule has 0 aliphatic rings. The fourth-order valence-electron chi connectivity index (χ4n) is 1.84. The largest absolute Gasteiger partial charge is 0.488 e. The summed E-state index contributed by atoms with van der Waals surface area (Å²) in [6.45, 7) is 4.47. The van der Waals surface area contributed by atoms with E-state index in [0.29, 0.717) is 11.4 Å². The molecule has 0 aliphatic heterocycles. The summed E-state index contributed by atoms with van der Waals surface area (Å²) < 4.78 is 19.1.